The van der Waals surface area contributed by atoms with Crippen LogP contribution < -0.4 is 10.6 Å². The highest BCUT2D eigenvalue weighted by Crippen LogP contribution is 2.22. The Bertz CT molecular complexity index is 925. The molecule has 178 valence electrons. The molecule has 9 heteroatoms. The molecule has 2 amide bonds. The first-order valence-electron chi connectivity index (χ1n) is 10.9. The maximum Gasteiger partial charge on any atom is 0.253 e. The number of hydrogen-bond acceptors (Lipinski definition) is 5. The van der Waals surface area contributed by atoms with Gasteiger partial charge in [-0.2, -0.15) is 11.8 Å². The average molecular weight is 494 g/mol. The van der Waals surface area contributed by atoms with Crippen LogP contribution in [-0.4, -0.2) is 67.6 Å². The number of rotatable bonds is 10. The highest BCUT2D eigenvalue weighted by molar-refractivity contribution is 7.98. The fourth-order valence-electron chi connectivity index (χ4n) is 3.74. The summed E-state index contributed by atoms with van der Waals surface area (Å²) in [6.45, 7) is 2.99. The van der Waals surface area contributed by atoms with Crippen LogP contribution in [0.3, 0.4) is 0 Å². The lowest BCUT2D eigenvalue weighted by Gasteiger charge is -2.35. The van der Waals surface area contributed by atoms with Crippen molar-refractivity contribution in [3.8, 4) is 0 Å². The van der Waals surface area contributed by atoms with Crippen LogP contribution in [0.2, 0.25) is 5.02 Å². The van der Waals surface area contributed by atoms with E-state index in [1.807, 2.05) is 6.26 Å². The lowest BCUT2D eigenvalue weighted by Crippen LogP contribution is -2.50. The molecule has 0 radical (unpaired) electrons. The van der Waals surface area contributed by atoms with E-state index in [-0.39, 0.29) is 23.7 Å². The van der Waals surface area contributed by atoms with Gasteiger partial charge in [-0.3, -0.25) is 14.5 Å². The Kier molecular flexibility index (Phi) is 9.99. The van der Waals surface area contributed by atoms with E-state index < -0.39 is 6.04 Å². The number of carbonyl (C=O) groups excluding carboxylic acids is 2. The van der Waals surface area contributed by atoms with E-state index in [2.05, 4.69) is 15.5 Å². The Morgan fingerprint density at radius 1 is 1.15 bits per heavy atom. The van der Waals surface area contributed by atoms with Crippen molar-refractivity contribution in [2.45, 2.75) is 18.5 Å². The van der Waals surface area contributed by atoms with Gasteiger partial charge in [0.15, 0.2) is 0 Å². The molecule has 1 aliphatic heterocycles. The average Bonchev–Trinajstić information content (AvgIpc) is 2.83. The van der Waals surface area contributed by atoms with Crippen LogP contribution in [0.4, 0.5) is 4.39 Å². The Morgan fingerprint density at radius 3 is 2.52 bits per heavy atom. The number of nitrogens with one attached hydrogen (secondary N) is 2. The Hall–Kier alpha value is -2.13. The minimum absolute atomic E-state index is 0.126. The smallest absolute Gasteiger partial charge is 0.253 e. The summed E-state index contributed by atoms with van der Waals surface area (Å²) in [6, 6.07) is 12.3. The van der Waals surface area contributed by atoms with Gasteiger partial charge in [-0.25, -0.2) is 4.39 Å². The molecule has 0 aliphatic carbocycles. The summed E-state index contributed by atoms with van der Waals surface area (Å²) in [6.07, 6.45) is 2.44. The van der Waals surface area contributed by atoms with Gasteiger partial charge in [0.25, 0.3) is 5.91 Å². The summed E-state index contributed by atoms with van der Waals surface area (Å²) in [5, 5.41) is 6.16. The fourth-order valence-corrected chi connectivity index (χ4v) is 4.43. The van der Waals surface area contributed by atoms with E-state index in [0.717, 1.165) is 18.7 Å². The van der Waals surface area contributed by atoms with Crippen LogP contribution in [0.25, 0.3) is 0 Å². The van der Waals surface area contributed by atoms with Gasteiger partial charge in [-0.1, -0.05) is 35.9 Å². The molecule has 1 saturated heterocycles. The number of halogens is 2. The van der Waals surface area contributed by atoms with Gasteiger partial charge in [0.2, 0.25) is 5.91 Å². The van der Waals surface area contributed by atoms with Crippen molar-refractivity contribution < 1.29 is 18.7 Å². The molecule has 2 N–H and O–H groups in total. The highest BCUT2D eigenvalue weighted by atomic mass is 35.5. The van der Waals surface area contributed by atoms with E-state index >= 15 is 0 Å². The SMILES string of the molecule is CSCC[C@H](NC(=O)c1ccccc1Cl)C(=O)NC[C@H](c1ccc(F)cc1)N1CCOCC1. The van der Waals surface area contributed by atoms with E-state index in [1.165, 1.54) is 12.1 Å². The maximum absolute atomic E-state index is 13.5. The van der Waals surface area contributed by atoms with Crippen molar-refractivity contribution in [1.82, 2.24) is 15.5 Å². The van der Waals surface area contributed by atoms with Crippen molar-refractivity contribution in [2.75, 3.05) is 44.9 Å². The Morgan fingerprint density at radius 2 is 1.85 bits per heavy atom. The van der Waals surface area contributed by atoms with Crippen LogP contribution in [0, 0.1) is 5.82 Å². The van der Waals surface area contributed by atoms with E-state index in [0.29, 0.717) is 42.5 Å². The molecule has 33 heavy (non-hydrogen) atoms. The van der Waals surface area contributed by atoms with Crippen molar-refractivity contribution in [1.29, 1.82) is 0 Å². The number of carbonyl (C=O) groups is 2. The Balaban J connectivity index is 1.70. The minimum Gasteiger partial charge on any atom is -0.379 e. The zero-order chi connectivity index (χ0) is 23.6. The summed E-state index contributed by atoms with van der Waals surface area (Å²) >= 11 is 7.75. The third kappa shape index (κ3) is 7.43. The quantitative estimate of drug-likeness (QED) is 0.530. The van der Waals surface area contributed by atoms with Gasteiger partial charge in [0, 0.05) is 19.6 Å². The predicted molar refractivity (Wildman–Crippen MR) is 130 cm³/mol. The number of thioether (sulfide) groups is 1. The monoisotopic (exact) mass is 493 g/mol. The number of nitrogens with zero attached hydrogens (tertiary/aromatic N) is 1. The number of morpholine rings is 1. The zero-order valence-electron chi connectivity index (χ0n) is 18.6. The second kappa shape index (κ2) is 12.9. The fraction of sp³-hybridized carbons (Fsp3) is 0.417. The van der Waals surface area contributed by atoms with Crippen LogP contribution in [-0.2, 0) is 9.53 Å². The predicted octanol–water partition coefficient (Wildman–Crippen LogP) is 3.52. The van der Waals surface area contributed by atoms with Gasteiger partial charge in [-0.15, -0.1) is 0 Å². The molecule has 1 heterocycles. The number of ether oxygens (including phenoxy) is 1. The van der Waals surface area contributed by atoms with Crippen LogP contribution in [0.1, 0.15) is 28.4 Å². The topological polar surface area (TPSA) is 70.7 Å². The third-order valence-electron chi connectivity index (χ3n) is 5.56. The van der Waals surface area contributed by atoms with Crippen molar-refractivity contribution in [3.05, 3.63) is 70.5 Å². The highest BCUT2D eigenvalue weighted by Gasteiger charge is 2.26. The van der Waals surface area contributed by atoms with Gasteiger partial charge in [0.05, 0.1) is 29.8 Å². The lowest BCUT2D eigenvalue weighted by atomic mass is 10.0. The molecule has 6 nitrogen and oxygen atoms in total. The van der Waals surface area contributed by atoms with E-state index in [4.69, 9.17) is 16.3 Å². The zero-order valence-corrected chi connectivity index (χ0v) is 20.1. The molecule has 1 fully saturated rings. The van der Waals surface area contributed by atoms with Gasteiger partial charge >= 0.3 is 0 Å². The van der Waals surface area contributed by atoms with E-state index in [1.54, 1.807) is 48.2 Å². The number of benzene rings is 2. The van der Waals surface area contributed by atoms with Crippen molar-refractivity contribution >= 4 is 35.2 Å². The lowest BCUT2D eigenvalue weighted by molar-refractivity contribution is -0.123. The largest absolute Gasteiger partial charge is 0.379 e. The molecule has 3 rings (SSSR count). The molecular formula is C24H29ClFN3O3S. The normalized spacial score (nSPS) is 16.1. The number of hydrogen-bond donors (Lipinski definition) is 2. The number of amides is 2. The van der Waals surface area contributed by atoms with Crippen LogP contribution in [0.5, 0.6) is 0 Å². The molecule has 2 atom stereocenters. The van der Waals surface area contributed by atoms with E-state index in [9.17, 15) is 14.0 Å². The third-order valence-corrected chi connectivity index (χ3v) is 6.54. The summed E-state index contributed by atoms with van der Waals surface area (Å²) < 4.78 is 18.9. The van der Waals surface area contributed by atoms with Crippen molar-refractivity contribution in [2.24, 2.45) is 0 Å². The molecule has 2 aromatic rings. The molecule has 2 aromatic carbocycles. The first-order valence-corrected chi connectivity index (χ1v) is 12.7. The summed E-state index contributed by atoms with van der Waals surface area (Å²) in [4.78, 5) is 28.1. The molecule has 1 aliphatic rings. The molecule has 0 unspecified atom stereocenters. The molecule has 0 spiro atoms. The van der Waals surface area contributed by atoms with Gasteiger partial charge in [0.1, 0.15) is 11.9 Å². The maximum atomic E-state index is 13.5. The second-order valence-electron chi connectivity index (χ2n) is 7.75. The minimum atomic E-state index is -0.695. The molecular weight excluding hydrogens is 465 g/mol. The van der Waals surface area contributed by atoms with Gasteiger partial charge in [-0.05, 0) is 48.3 Å². The first kappa shape index (κ1) is 25.5. The molecule has 0 bridgehead atoms. The second-order valence-corrected chi connectivity index (χ2v) is 9.14. The first-order chi connectivity index (χ1) is 16.0. The standard InChI is InChI=1S/C24H29ClFN3O3S/c1-33-15-10-21(28-23(30)19-4-2-3-5-20(19)25)24(31)27-16-22(29-11-13-32-14-12-29)17-6-8-18(26)9-7-17/h2-9,21-22H,10-16H2,1H3,(H,27,31)(H,28,30)/t21-,22+/m0/s1. The Labute approximate surface area is 203 Å². The van der Waals surface area contributed by atoms with Crippen molar-refractivity contribution in [3.63, 3.8) is 0 Å². The van der Waals surface area contributed by atoms with Gasteiger partial charge < -0.3 is 15.4 Å². The molecule has 0 aromatic heterocycles. The summed E-state index contributed by atoms with van der Waals surface area (Å²) in [5.41, 5.74) is 1.25. The summed E-state index contributed by atoms with van der Waals surface area (Å²) in [5.74, 6) is -0.232. The van der Waals surface area contributed by atoms with Crippen LogP contribution >= 0.6 is 23.4 Å². The summed E-state index contributed by atoms with van der Waals surface area (Å²) in [7, 11) is 0. The van der Waals surface area contributed by atoms with Crippen LogP contribution in [0.15, 0.2) is 48.5 Å². The molecule has 0 saturated carbocycles.